The second kappa shape index (κ2) is 6.47. The minimum absolute atomic E-state index is 0.00317. The van der Waals surface area contributed by atoms with Crippen molar-refractivity contribution in [2.45, 2.75) is 33.0 Å². The molecule has 0 saturated carbocycles. The molecule has 0 spiro atoms. The third kappa shape index (κ3) is 4.09. The van der Waals surface area contributed by atoms with Crippen LogP contribution in [0.4, 0.5) is 5.69 Å². The van der Waals surface area contributed by atoms with Crippen LogP contribution < -0.4 is 11.1 Å². The molecule has 0 bridgehead atoms. The molecule has 0 heterocycles. The van der Waals surface area contributed by atoms with Gasteiger partial charge in [-0.1, -0.05) is 24.4 Å². The summed E-state index contributed by atoms with van der Waals surface area (Å²) in [7, 11) is 0. The summed E-state index contributed by atoms with van der Waals surface area (Å²) in [6.45, 7) is 5.47. The lowest BCUT2D eigenvalue weighted by molar-refractivity contribution is -0.128. The Bertz CT molecular complexity index is 446. The van der Waals surface area contributed by atoms with Gasteiger partial charge in [0.15, 0.2) is 0 Å². The monoisotopic (exact) mass is 266 g/mol. The zero-order valence-electron chi connectivity index (χ0n) is 10.8. The fourth-order valence-electron chi connectivity index (χ4n) is 1.51. The van der Waals surface area contributed by atoms with Crippen molar-refractivity contribution >= 4 is 28.8 Å². The van der Waals surface area contributed by atoms with Gasteiger partial charge in [-0.25, -0.2) is 0 Å². The standard InChI is InChI=1S/C13H18N2O2S/c1-8(2)17-9(3)13(16)15-11-7-5-4-6-10(11)12(14)18/h4-9H,1-3H3,(H2,14,18)(H,15,16). The number of hydrogen-bond donors (Lipinski definition) is 2. The van der Waals surface area contributed by atoms with Crippen molar-refractivity contribution < 1.29 is 9.53 Å². The van der Waals surface area contributed by atoms with E-state index in [-0.39, 0.29) is 17.0 Å². The molecule has 0 aliphatic carbocycles. The molecule has 3 N–H and O–H groups in total. The molecule has 0 saturated heterocycles. The Morgan fingerprint density at radius 2 is 1.94 bits per heavy atom. The highest BCUT2D eigenvalue weighted by Crippen LogP contribution is 2.15. The van der Waals surface area contributed by atoms with Crippen molar-refractivity contribution in [2.75, 3.05) is 5.32 Å². The summed E-state index contributed by atoms with van der Waals surface area (Å²) in [6.07, 6.45) is -0.527. The van der Waals surface area contributed by atoms with Crippen LogP contribution in [0, 0.1) is 0 Å². The Hall–Kier alpha value is -1.46. The Balaban J connectivity index is 2.79. The van der Waals surface area contributed by atoms with Gasteiger partial charge in [-0.15, -0.1) is 0 Å². The van der Waals surface area contributed by atoms with E-state index in [9.17, 15) is 4.79 Å². The van der Waals surface area contributed by atoms with Crippen LogP contribution in [0.15, 0.2) is 24.3 Å². The van der Waals surface area contributed by atoms with Gasteiger partial charge >= 0.3 is 0 Å². The molecule has 1 rings (SSSR count). The Labute approximate surface area is 113 Å². The van der Waals surface area contributed by atoms with Gasteiger partial charge in [0.2, 0.25) is 0 Å². The molecular formula is C13H18N2O2S. The SMILES string of the molecule is CC(C)OC(C)C(=O)Nc1ccccc1C(N)=S. The summed E-state index contributed by atoms with van der Waals surface area (Å²) >= 11 is 4.93. The van der Waals surface area contributed by atoms with Gasteiger partial charge in [-0.05, 0) is 32.9 Å². The lowest BCUT2D eigenvalue weighted by Crippen LogP contribution is -2.30. The largest absolute Gasteiger partial charge is 0.389 e. The molecule has 1 aromatic carbocycles. The van der Waals surface area contributed by atoms with E-state index < -0.39 is 6.10 Å². The summed E-state index contributed by atoms with van der Waals surface area (Å²) in [5, 5.41) is 2.77. The van der Waals surface area contributed by atoms with E-state index >= 15 is 0 Å². The number of nitrogens with one attached hydrogen (secondary N) is 1. The summed E-state index contributed by atoms with van der Waals surface area (Å²) in [5.41, 5.74) is 6.85. The average molecular weight is 266 g/mol. The molecule has 1 aromatic rings. The van der Waals surface area contributed by atoms with Crippen molar-refractivity contribution in [1.82, 2.24) is 0 Å². The lowest BCUT2D eigenvalue weighted by Gasteiger charge is -2.17. The van der Waals surface area contributed by atoms with E-state index in [2.05, 4.69) is 5.32 Å². The van der Waals surface area contributed by atoms with E-state index in [1.54, 1.807) is 19.1 Å². The van der Waals surface area contributed by atoms with Crippen molar-refractivity contribution in [2.24, 2.45) is 5.73 Å². The molecule has 0 fully saturated rings. The first kappa shape index (κ1) is 14.6. The minimum Gasteiger partial charge on any atom is -0.389 e. The number of anilines is 1. The summed E-state index contributed by atoms with van der Waals surface area (Å²) in [4.78, 5) is 12.2. The molecular weight excluding hydrogens is 248 g/mol. The van der Waals surface area contributed by atoms with Crippen LogP contribution in [0.25, 0.3) is 0 Å². The van der Waals surface area contributed by atoms with E-state index in [1.807, 2.05) is 26.0 Å². The summed E-state index contributed by atoms with van der Waals surface area (Å²) in [5.74, 6) is -0.215. The minimum atomic E-state index is -0.524. The first-order valence-corrected chi connectivity index (χ1v) is 6.17. The summed E-state index contributed by atoms with van der Waals surface area (Å²) in [6, 6.07) is 7.16. The van der Waals surface area contributed by atoms with Crippen LogP contribution in [0.1, 0.15) is 26.3 Å². The predicted octanol–water partition coefficient (Wildman–Crippen LogP) is 2.07. The predicted molar refractivity (Wildman–Crippen MR) is 76.6 cm³/mol. The maximum atomic E-state index is 11.9. The smallest absolute Gasteiger partial charge is 0.253 e. The second-order valence-electron chi connectivity index (χ2n) is 4.23. The fourth-order valence-corrected chi connectivity index (χ4v) is 1.69. The number of carbonyl (C=O) groups is 1. The highest BCUT2D eigenvalue weighted by Gasteiger charge is 2.16. The molecule has 0 aliphatic rings. The first-order valence-electron chi connectivity index (χ1n) is 5.77. The number of para-hydroxylation sites is 1. The van der Waals surface area contributed by atoms with Crippen molar-refractivity contribution in [3.63, 3.8) is 0 Å². The van der Waals surface area contributed by atoms with Crippen LogP contribution in [0.5, 0.6) is 0 Å². The molecule has 98 valence electrons. The van der Waals surface area contributed by atoms with Crippen molar-refractivity contribution in [3.05, 3.63) is 29.8 Å². The quantitative estimate of drug-likeness (QED) is 0.801. The average Bonchev–Trinajstić information content (AvgIpc) is 2.28. The molecule has 1 unspecified atom stereocenters. The highest BCUT2D eigenvalue weighted by molar-refractivity contribution is 7.80. The molecule has 1 amide bonds. The Morgan fingerprint density at radius 3 is 2.50 bits per heavy atom. The molecule has 0 aliphatic heterocycles. The topological polar surface area (TPSA) is 64.3 Å². The van der Waals surface area contributed by atoms with Gasteiger partial charge in [0, 0.05) is 5.56 Å². The molecule has 0 aromatic heterocycles. The van der Waals surface area contributed by atoms with Crippen LogP contribution in [0.3, 0.4) is 0 Å². The normalized spacial score (nSPS) is 12.2. The summed E-state index contributed by atoms with van der Waals surface area (Å²) < 4.78 is 5.41. The molecule has 5 heteroatoms. The number of benzene rings is 1. The van der Waals surface area contributed by atoms with Gasteiger partial charge in [-0.3, -0.25) is 4.79 Å². The van der Waals surface area contributed by atoms with Crippen LogP contribution >= 0.6 is 12.2 Å². The van der Waals surface area contributed by atoms with Gasteiger partial charge in [0.25, 0.3) is 5.91 Å². The number of ether oxygens (including phenoxy) is 1. The maximum absolute atomic E-state index is 11.9. The van der Waals surface area contributed by atoms with Crippen molar-refractivity contribution in [1.29, 1.82) is 0 Å². The third-order valence-electron chi connectivity index (χ3n) is 2.30. The van der Waals surface area contributed by atoms with Crippen molar-refractivity contribution in [3.8, 4) is 0 Å². The first-order chi connectivity index (χ1) is 8.41. The zero-order chi connectivity index (χ0) is 13.7. The van der Waals surface area contributed by atoms with Crippen LogP contribution in [-0.2, 0) is 9.53 Å². The van der Waals surface area contributed by atoms with E-state index in [0.29, 0.717) is 11.3 Å². The highest BCUT2D eigenvalue weighted by atomic mass is 32.1. The second-order valence-corrected chi connectivity index (χ2v) is 4.67. The van der Waals surface area contributed by atoms with Gasteiger partial charge in [0.05, 0.1) is 11.8 Å². The molecule has 1 atom stereocenters. The Morgan fingerprint density at radius 1 is 1.33 bits per heavy atom. The lowest BCUT2D eigenvalue weighted by atomic mass is 10.1. The third-order valence-corrected chi connectivity index (χ3v) is 2.52. The number of hydrogen-bond acceptors (Lipinski definition) is 3. The zero-order valence-corrected chi connectivity index (χ0v) is 11.6. The number of amides is 1. The van der Waals surface area contributed by atoms with Gasteiger partial charge < -0.3 is 15.8 Å². The molecule has 0 radical (unpaired) electrons. The molecule has 4 nitrogen and oxygen atoms in total. The van der Waals surface area contributed by atoms with E-state index in [1.165, 1.54) is 0 Å². The maximum Gasteiger partial charge on any atom is 0.253 e. The van der Waals surface area contributed by atoms with Crippen LogP contribution in [-0.4, -0.2) is 23.1 Å². The number of thiocarbonyl (C=S) groups is 1. The molecule has 18 heavy (non-hydrogen) atoms. The number of carbonyl (C=O) groups excluding carboxylic acids is 1. The van der Waals surface area contributed by atoms with Gasteiger partial charge in [-0.2, -0.15) is 0 Å². The fraction of sp³-hybridized carbons (Fsp3) is 0.385. The van der Waals surface area contributed by atoms with E-state index in [0.717, 1.165) is 0 Å². The number of nitrogens with two attached hydrogens (primary N) is 1. The Kier molecular flexibility index (Phi) is 5.25. The van der Waals surface area contributed by atoms with E-state index in [4.69, 9.17) is 22.7 Å². The van der Waals surface area contributed by atoms with Gasteiger partial charge in [0.1, 0.15) is 11.1 Å². The van der Waals surface area contributed by atoms with Crippen LogP contribution in [0.2, 0.25) is 0 Å². The number of rotatable bonds is 5.